The summed E-state index contributed by atoms with van der Waals surface area (Å²) in [6, 6.07) is 9.83. The van der Waals surface area contributed by atoms with Crippen molar-refractivity contribution in [3.63, 3.8) is 0 Å². The van der Waals surface area contributed by atoms with E-state index in [4.69, 9.17) is 0 Å². The molecular formula is C17H19N3O. The van der Waals surface area contributed by atoms with E-state index in [1.165, 1.54) is 5.56 Å². The first-order valence-corrected chi connectivity index (χ1v) is 7.24. The van der Waals surface area contributed by atoms with Crippen molar-refractivity contribution in [3.05, 3.63) is 53.2 Å². The summed E-state index contributed by atoms with van der Waals surface area (Å²) >= 11 is 0. The lowest BCUT2D eigenvalue weighted by atomic mass is 10.1. The van der Waals surface area contributed by atoms with E-state index in [2.05, 4.69) is 36.3 Å². The van der Waals surface area contributed by atoms with Crippen molar-refractivity contribution in [3.8, 4) is 0 Å². The zero-order valence-corrected chi connectivity index (χ0v) is 12.4. The molecule has 0 saturated carbocycles. The number of nitrogens with one attached hydrogen (secondary N) is 1. The lowest BCUT2D eigenvalue weighted by molar-refractivity contribution is 0.0652. The Morgan fingerprint density at radius 2 is 2.05 bits per heavy atom. The van der Waals surface area contributed by atoms with Crippen molar-refractivity contribution in [2.24, 2.45) is 0 Å². The van der Waals surface area contributed by atoms with Crippen molar-refractivity contribution >= 4 is 17.4 Å². The molecule has 1 aromatic carbocycles. The van der Waals surface area contributed by atoms with Crippen LogP contribution in [0.25, 0.3) is 0 Å². The van der Waals surface area contributed by atoms with Gasteiger partial charge in [-0.3, -0.25) is 4.79 Å². The maximum atomic E-state index is 12.4. The highest BCUT2D eigenvalue weighted by molar-refractivity contribution is 5.99. The molecule has 0 aliphatic carbocycles. The smallest absolute Gasteiger partial charge is 0.257 e. The molecule has 2 aromatic rings. The Balaban J connectivity index is 1.90. The number of likely N-dealkylation sites (tertiary alicyclic amines) is 1. The van der Waals surface area contributed by atoms with Crippen LogP contribution in [0, 0.1) is 13.8 Å². The summed E-state index contributed by atoms with van der Waals surface area (Å²) < 4.78 is 0. The minimum atomic E-state index is 0.0571. The molecular weight excluding hydrogens is 262 g/mol. The lowest BCUT2D eigenvalue weighted by Gasteiger charge is -2.31. The molecule has 0 bridgehead atoms. The monoisotopic (exact) mass is 281 g/mol. The molecule has 0 unspecified atom stereocenters. The molecule has 1 aliphatic rings. The minimum Gasteiger partial charge on any atom is -0.339 e. The summed E-state index contributed by atoms with van der Waals surface area (Å²) in [7, 11) is 0. The van der Waals surface area contributed by atoms with Gasteiger partial charge >= 0.3 is 0 Å². The number of anilines is 2. The SMILES string of the molecule is Cc1ccc(Nc2ncccc2C(=O)N2CCC2)c(C)c1. The first kappa shape index (κ1) is 13.6. The molecule has 1 N–H and O–H groups in total. The molecule has 108 valence electrons. The third-order valence-electron chi connectivity index (χ3n) is 3.82. The molecule has 1 saturated heterocycles. The van der Waals surface area contributed by atoms with Crippen molar-refractivity contribution in [1.29, 1.82) is 0 Å². The van der Waals surface area contributed by atoms with Gasteiger partial charge in [-0.05, 0) is 44.0 Å². The number of aromatic nitrogens is 1. The molecule has 0 spiro atoms. The van der Waals surface area contributed by atoms with Gasteiger partial charge in [0.05, 0.1) is 5.56 Å². The maximum absolute atomic E-state index is 12.4. The van der Waals surface area contributed by atoms with Gasteiger partial charge in [0.25, 0.3) is 5.91 Å². The van der Waals surface area contributed by atoms with E-state index < -0.39 is 0 Å². The molecule has 0 radical (unpaired) electrons. The van der Waals surface area contributed by atoms with Crippen LogP contribution in [0.15, 0.2) is 36.5 Å². The highest BCUT2D eigenvalue weighted by Gasteiger charge is 2.24. The number of amides is 1. The fourth-order valence-electron chi connectivity index (χ4n) is 2.45. The van der Waals surface area contributed by atoms with Crippen LogP contribution in [0.2, 0.25) is 0 Å². The molecule has 3 rings (SSSR count). The number of carbonyl (C=O) groups is 1. The Hall–Kier alpha value is -2.36. The van der Waals surface area contributed by atoms with Gasteiger partial charge in [0.2, 0.25) is 0 Å². The van der Waals surface area contributed by atoms with E-state index in [0.29, 0.717) is 11.4 Å². The number of pyridine rings is 1. The van der Waals surface area contributed by atoms with Crippen molar-refractivity contribution < 1.29 is 4.79 Å². The van der Waals surface area contributed by atoms with Crippen LogP contribution in [-0.4, -0.2) is 28.9 Å². The topological polar surface area (TPSA) is 45.2 Å². The van der Waals surface area contributed by atoms with Gasteiger partial charge in [0.1, 0.15) is 5.82 Å². The molecule has 21 heavy (non-hydrogen) atoms. The lowest BCUT2D eigenvalue weighted by Crippen LogP contribution is -2.42. The first-order chi connectivity index (χ1) is 10.1. The van der Waals surface area contributed by atoms with Crippen LogP contribution < -0.4 is 5.32 Å². The van der Waals surface area contributed by atoms with Crippen LogP contribution in [-0.2, 0) is 0 Å². The highest BCUT2D eigenvalue weighted by atomic mass is 16.2. The average Bonchev–Trinajstić information content (AvgIpc) is 2.40. The Bertz CT molecular complexity index is 677. The van der Waals surface area contributed by atoms with Gasteiger partial charge in [-0.15, -0.1) is 0 Å². The van der Waals surface area contributed by atoms with E-state index in [1.807, 2.05) is 17.0 Å². The molecule has 2 heterocycles. The predicted molar refractivity (Wildman–Crippen MR) is 84.0 cm³/mol. The van der Waals surface area contributed by atoms with E-state index in [9.17, 15) is 4.79 Å². The van der Waals surface area contributed by atoms with Crippen LogP contribution >= 0.6 is 0 Å². The largest absolute Gasteiger partial charge is 0.339 e. The number of aryl methyl sites for hydroxylation is 2. The summed E-state index contributed by atoms with van der Waals surface area (Å²) in [5, 5.41) is 3.29. The Morgan fingerprint density at radius 1 is 1.24 bits per heavy atom. The number of carbonyl (C=O) groups excluding carboxylic acids is 1. The predicted octanol–water partition coefficient (Wildman–Crippen LogP) is 3.29. The van der Waals surface area contributed by atoms with E-state index in [0.717, 1.165) is 30.8 Å². The van der Waals surface area contributed by atoms with Crippen LogP contribution in [0.3, 0.4) is 0 Å². The normalized spacial score (nSPS) is 13.7. The molecule has 1 fully saturated rings. The summed E-state index contributed by atoms with van der Waals surface area (Å²) in [5.74, 6) is 0.683. The highest BCUT2D eigenvalue weighted by Crippen LogP contribution is 2.24. The molecule has 1 aromatic heterocycles. The van der Waals surface area contributed by atoms with Gasteiger partial charge in [0, 0.05) is 25.0 Å². The number of hydrogen-bond acceptors (Lipinski definition) is 3. The zero-order chi connectivity index (χ0) is 14.8. The van der Waals surface area contributed by atoms with Crippen LogP contribution in [0.5, 0.6) is 0 Å². The van der Waals surface area contributed by atoms with Gasteiger partial charge in [-0.25, -0.2) is 4.98 Å². The average molecular weight is 281 g/mol. The summed E-state index contributed by atoms with van der Waals surface area (Å²) in [5.41, 5.74) is 3.98. The van der Waals surface area contributed by atoms with E-state index >= 15 is 0 Å². The molecule has 4 heteroatoms. The standard InChI is InChI=1S/C17H19N3O/c1-12-6-7-15(13(2)11-12)19-16-14(5-3-8-18-16)17(21)20-9-4-10-20/h3,5-8,11H,4,9-10H2,1-2H3,(H,18,19). The maximum Gasteiger partial charge on any atom is 0.257 e. The third kappa shape index (κ3) is 2.75. The summed E-state index contributed by atoms with van der Waals surface area (Å²) in [6.45, 7) is 5.80. The van der Waals surface area contributed by atoms with Crippen LogP contribution in [0.1, 0.15) is 27.9 Å². The number of rotatable bonds is 3. The van der Waals surface area contributed by atoms with Crippen LogP contribution in [0.4, 0.5) is 11.5 Å². The number of nitrogens with zero attached hydrogens (tertiary/aromatic N) is 2. The van der Waals surface area contributed by atoms with Crippen molar-refractivity contribution in [2.45, 2.75) is 20.3 Å². The molecule has 0 atom stereocenters. The number of benzene rings is 1. The quantitative estimate of drug-likeness (QED) is 0.939. The van der Waals surface area contributed by atoms with Crippen molar-refractivity contribution in [1.82, 2.24) is 9.88 Å². The van der Waals surface area contributed by atoms with E-state index in [-0.39, 0.29) is 5.91 Å². The van der Waals surface area contributed by atoms with Gasteiger partial charge in [-0.2, -0.15) is 0 Å². The minimum absolute atomic E-state index is 0.0571. The fraction of sp³-hybridized carbons (Fsp3) is 0.294. The van der Waals surface area contributed by atoms with Crippen molar-refractivity contribution in [2.75, 3.05) is 18.4 Å². The Morgan fingerprint density at radius 3 is 2.71 bits per heavy atom. The second-order valence-electron chi connectivity index (χ2n) is 5.49. The molecule has 1 amide bonds. The van der Waals surface area contributed by atoms with Gasteiger partial charge in [-0.1, -0.05) is 17.7 Å². The summed E-state index contributed by atoms with van der Waals surface area (Å²) in [4.78, 5) is 18.6. The third-order valence-corrected chi connectivity index (χ3v) is 3.82. The molecule has 1 aliphatic heterocycles. The second kappa shape index (κ2) is 5.56. The molecule has 4 nitrogen and oxygen atoms in total. The van der Waals surface area contributed by atoms with Gasteiger partial charge < -0.3 is 10.2 Å². The van der Waals surface area contributed by atoms with E-state index in [1.54, 1.807) is 12.3 Å². The zero-order valence-electron chi connectivity index (χ0n) is 12.4. The second-order valence-corrected chi connectivity index (χ2v) is 5.49. The Kier molecular flexibility index (Phi) is 3.60. The number of hydrogen-bond donors (Lipinski definition) is 1. The fourth-order valence-corrected chi connectivity index (χ4v) is 2.45. The van der Waals surface area contributed by atoms with Gasteiger partial charge in [0.15, 0.2) is 0 Å². The Labute approximate surface area is 124 Å². The summed E-state index contributed by atoms with van der Waals surface area (Å²) in [6.07, 6.45) is 2.80. The first-order valence-electron chi connectivity index (χ1n) is 7.24.